The molecule has 0 saturated carbocycles. The Hall–Kier alpha value is -1.07. The number of carbonyl (C=O) groups excluding carboxylic acids is 1. The van der Waals surface area contributed by atoms with Gasteiger partial charge in [0.15, 0.2) is 5.17 Å². The topological polar surface area (TPSA) is 32.7 Å². The third kappa shape index (κ3) is 3.40. The summed E-state index contributed by atoms with van der Waals surface area (Å²) in [5.41, 5.74) is 1.01. The van der Waals surface area contributed by atoms with E-state index in [2.05, 4.69) is 32.7 Å². The number of rotatable bonds is 1. The standard InChI is InChI=1S/C16H17BrN2OS/c1-11-6-8-19(9-7-11)16-18-15(20)14(21-16)10-12-4-2-3-5-13(12)17/h2-5,10-11H,6-9H2,1H3. The Bertz CT molecular complexity index is 618. The zero-order valence-corrected chi connectivity index (χ0v) is 14.3. The highest BCUT2D eigenvalue weighted by atomic mass is 79.9. The molecule has 1 saturated heterocycles. The molecule has 1 aromatic carbocycles. The second kappa shape index (κ2) is 6.36. The van der Waals surface area contributed by atoms with Gasteiger partial charge in [0.2, 0.25) is 0 Å². The van der Waals surface area contributed by atoms with Crippen molar-refractivity contribution in [2.24, 2.45) is 10.9 Å². The summed E-state index contributed by atoms with van der Waals surface area (Å²) in [6.07, 6.45) is 4.27. The van der Waals surface area contributed by atoms with E-state index in [0.29, 0.717) is 4.91 Å². The van der Waals surface area contributed by atoms with Gasteiger partial charge >= 0.3 is 0 Å². The SMILES string of the molecule is CC1CCN(C2=NC(=O)C(=Cc3ccccc3Br)S2)CC1. The first-order valence-electron chi connectivity index (χ1n) is 7.15. The van der Waals surface area contributed by atoms with Gasteiger partial charge in [0.05, 0.1) is 4.91 Å². The Kier molecular flexibility index (Phi) is 4.50. The number of carbonyl (C=O) groups is 1. The number of hydrogen-bond acceptors (Lipinski definition) is 3. The van der Waals surface area contributed by atoms with Gasteiger partial charge in [-0.2, -0.15) is 4.99 Å². The monoisotopic (exact) mass is 364 g/mol. The molecule has 0 atom stereocenters. The van der Waals surface area contributed by atoms with Crippen molar-refractivity contribution in [3.8, 4) is 0 Å². The van der Waals surface area contributed by atoms with E-state index in [1.165, 1.54) is 24.6 Å². The number of piperidine rings is 1. The number of nitrogens with zero attached hydrogens (tertiary/aromatic N) is 2. The van der Waals surface area contributed by atoms with E-state index in [4.69, 9.17) is 0 Å². The molecular weight excluding hydrogens is 348 g/mol. The quantitative estimate of drug-likeness (QED) is 0.701. The summed E-state index contributed by atoms with van der Waals surface area (Å²) >= 11 is 5.01. The fourth-order valence-electron chi connectivity index (χ4n) is 2.47. The molecule has 0 N–H and O–H groups in total. The first kappa shape index (κ1) is 14.9. The molecule has 0 unspecified atom stereocenters. The van der Waals surface area contributed by atoms with Crippen LogP contribution < -0.4 is 0 Å². The molecule has 21 heavy (non-hydrogen) atoms. The van der Waals surface area contributed by atoms with Crippen molar-refractivity contribution in [3.05, 3.63) is 39.2 Å². The van der Waals surface area contributed by atoms with Crippen LogP contribution in [0.1, 0.15) is 25.3 Å². The molecule has 3 nitrogen and oxygen atoms in total. The number of amidine groups is 1. The van der Waals surface area contributed by atoms with Gasteiger partial charge in [-0.05, 0) is 48.2 Å². The van der Waals surface area contributed by atoms with Crippen LogP contribution in [-0.2, 0) is 4.79 Å². The summed E-state index contributed by atoms with van der Waals surface area (Å²) < 4.78 is 0.992. The van der Waals surface area contributed by atoms with Crippen LogP contribution >= 0.6 is 27.7 Å². The molecule has 0 spiro atoms. The summed E-state index contributed by atoms with van der Waals surface area (Å²) in [5, 5.41) is 0.866. The van der Waals surface area contributed by atoms with Crippen molar-refractivity contribution in [3.63, 3.8) is 0 Å². The van der Waals surface area contributed by atoms with Crippen LogP contribution in [0.4, 0.5) is 0 Å². The molecule has 2 heterocycles. The molecule has 0 radical (unpaired) electrons. The van der Waals surface area contributed by atoms with Gasteiger partial charge in [-0.1, -0.05) is 41.1 Å². The molecule has 0 bridgehead atoms. The summed E-state index contributed by atoms with van der Waals surface area (Å²) in [7, 11) is 0. The predicted octanol–water partition coefficient (Wildman–Crippen LogP) is 4.15. The van der Waals surface area contributed by atoms with E-state index in [9.17, 15) is 4.79 Å². The Morgan fingerprint density at radius 3 is 2.76 bits per heavy atom. The minimum atomic E-state index is -0.121. The van der Waals surface area contributed by atoms with Crippen LogP contribution in [-0.4, -0.2) is 29.1 Å². The predicted molar refractivity (Wildman–Crippen MR) is 92.1 cm³/mol. The lowest BCUT2D eigenvalue weighted by Crippen LogP contribution is -2.35. The van der Waals surface area contributed by atoms with Crippen LogP contribution in [0, 0.1) is 5.92 Å². The zero-order valence-electron chi connectivity index (χ0n) is 11.9. The maximum atomic E-state index is 12.1. The van der Waals surface area contributed by atoms with E-state index >= 15 is 0 Å². The van der Waals surface area contributed by atoms with Gasteiger partial charge in [0.1, 0.15) is 0 Å². The van der Waals surface area contributed by atoms with E-state index in [0.717, 1.165) is 34.2 Å². The van der Waals surface area contributed by atoms with Crippen molar-refractivity contribution in [1.82, 2.24) is 4.90 Å². The molecule has 5 heteroatoms. The Morgan fingerprint density at radius 1 is 1.33 bits per heavy atom. The van der Waals surface area contributed by atoms with Gasteiger partial charge in [0.25, 0.3) is 5.91 Å². The first-order valence-corrected chi connectivity index (χ1v) is 8.76. The highest BCUT2D eigenvalue weighted by Crippen LogP contribution is 2.33. The maximum absolute atomic E-state index is 12.1. The van der Waals surface area contributed by atoms with Crippen molar-refractivity contribution in [2.75, 3.05) is 13.1 Å². The second-order valence-electron chi connectivity index (χ2n) is 5.50. The van der Waals surface area contributed by atoms with Crippen molar-refractivity contribution < 1.29 is 4.79 Å². The largest absolute Gasteiger partial charge is 0.351 e. The molecule has 0 aromatic heterocycles. The van der Waals surface area contributed by atoms with Gasteiger partial charge < -0.3 is 4.90 Å². The van der Waals surface area contributed by atoms with E-state index in [1.54, 1.807) is 0 Å². The fourth-order valence-corrected chi connectivity index (χ4v) is 3.82. The Labute approximate surface area is 137 Å². The van der Waals surface area contributed by atoms with Crippen molar-refractivity contribution >= 4 is 44.8 Å². The van der Waals surface area contributed by atoms with Gasteiger partial charge in [-0.25, -0.2) is 0 Å². The molecule has 2 aliphatic heterocycles. The molecular formula is C16H17BrN2OS. The van der Waals surface area contributed by atoms with Crippen LogP contribution in [0.2, 0.25) is 0 Å². The number of hydrogen-bond donors (Lipinski definition) is 0. The average Bonchev–Trinajstić information content (AvgIpc) is 2.83. The zero-order chi connectivity index (χ0) is 14.8. The lowest BCUT2D eigenvalue weighted by atomic mass is 10.00. The minimum absolute atomic E-state index is 0.121. The Balaban J connectivity index is 1.74. The maximum Gasteiger partial charge on any atom is 0.286 e. The van der Waals surface area contributed by atoms with E-state index < -0.39 is 0 Å². The molecule has 3 rings (SSSR count). The average molecular weight is 365 g/mol. The van der Waals surface area contributed by atoms with Crippen molar-refractivity contribution in [2.45, 2.75) is 19.8 Å². The number of aliphatic imine (C=N–C) groups is 1. The highest BCUT2D eigenvalue weighted by Gasteiger charge is 2.28. The summed E-state index contributed by atoms with van der Waals surface area (Å²) in [5.74, 6) is 0.656. The molecule has 1 amide bonds. The number of thioether (sulfide) groups is 1. The lowest BCUT2D eigenvalue weighted by Gasteiger charge is -2.30. The summed E-state index contributed by atoms with van der Waals surface area (Å²) in [6, 6.07) is 7.90. The number of amides is 1. The van der Waals surface area contributed by atoms with Gasteiger partial charge in [-0.3, -0.25) is 4.79 Å². The molecule has 2 aliphatic rings. The van der Waals surface area contributed by atoms with E-state index in [-0.39, 0.29) is 5.91 Å². The molecule has 1 fully saturated rings. The second-order valence-corrected chi connectivity index (χ2v) is 7.36. The van der Waals surface area contributed by atoms with Crippen LogP contribution in [0.25, 0.3) is 6.08 Å². The van der Waals surface area contributed by atoms with Crippen LogP contribution in [0.3, 0.4) is 0 Å². The number of benzene rings is 1. The minimum Gasteiger partial charge on any atom is -0.351 e. The number of halogens is 1. The summed E-state index contributed by atoms with van der Waals surface area (Å²) in [4.78, 5) is 19.3. The third-order valence-corrected chi connectivity index (χ3v) is 5.62. The van der Waals surface area contributed by atoms with Gasteiger partial charge in [0, 0.05) is 17.6 Å². The summed E-state index contributed by atoms with van der Waals surface area (Å²) in [6.45, 7) is 4.29. The molecule has 0 aliphatic carbocycles. The van der Waals surface area contributed by atoms with Crippen LogP contribution in [0.15, 0.2) is 38.6 Å². The fraction of sp³-hybridized carbons (Fsp3) is 0.375. The van der Waals surface area contributed by atoms with Gasteiger partial charge in [-0.15, -0.1) is 0 Å². The van der Waals surface area contributed by atoms with Crippen LogP contribution in [0.5, 0.6) is 0 Å². The normalized spacial score (nSPS) is 22.0. The Morgan fingerprint density at radius 2 is 2.05 bits per heavy atom. The smallest absolute Gasteiger partial charge is 0.286 e. The molecule has 1 aromatic rings. The number of likely N-dealkylation sites (tertiary alicyclic amines) is 1. The highest BCUT2D eigenvalue weighted by molar-refractivity contribution is 9.10. The van der Waals surface area contributed by atoms with Crippen molar-refractivity contribution in [1.29, 1.82) is 0 Å². The third-order valence-electron chi connectivity index (χ3n) is 3.86. The lowest BCUT2D eigenvalue weighted by molar-refractivity contribution is -0.113. The molecule has 110 valence electrons. The first-order chi connectivity index (χ1) is 10.1. The van der Waals surface area contributed by atoms with E-state index in [1.807, 2.05) is 30.3 Å².